The summed E-state index contributed by atoms with van der Waals surface area (Å²) >= 11 is 0. The smallest absolute Gasteiger partial charge is 0.338 e. The van der Waals surface area contributed by atoms with Crippen LogP contribution in [0.15, 0.2) is 41.5 Å². The van der Waals surface area contributed by atoms with E-state index in [9.17, 15) is 9.90 Å². The second-order valence-electron chi connectivity index (χ2n) is 19.2. The largest absolute Gasteiger partial charge is 0.455 e. The lowest BCUT2D eigenvalue weighted by molar-refractivity contribution is -0.358. The van der Waals surface area contributed by atoms with E-state index in [1.54, 1.807) is 12.1 Å². The molecular weight excluding hydrogens is 757 g/mol. The molecule has 0 amide bonds. The number of carbonyl (C=O) groups excluding carboxylic acids is 1. The van der Waals surface area contributed by atoms with Gasteiger partial charge in [0.25, 0.3) is 0 Å². The first-order valence-corrected chi connectivity index (χ1v) is 29.8. The summed E-state index contributed by atoms with van der Waals surface area (Å²) in [7, 11) is -6.36. The number of benzene rings is 1. The molecule has 10 atom stereocenters. The first kappa shape index (κ1) is 44.4. The molecule has 0 radical (unpaired) electrons. The first-order chi connectivity index (χ1) is 26.2. The molecule has 2 saturated carbocycles. The Hall–Kier alpha value is -1.20. The third-order valence-electron chi connectivity index (χ3n) is 15.6. The van der Waals surface area contributed by atoms with Crippen LogP contribution < -0.4 is 0 Å². The molecule has 2 aliphatic heterocycles. The van der Waals surface area contributed by atoms with Gasteiger partial charge < -0.3 is 37.3 Å². The summed E-state index contributed by atoms with van der Waals surface area (Å²) in [5, 5.41) is 13.4. The zero-order valence-electron chi connectivity index (χ0n) is 37.1. The van der Waals surface area contributed by atoms with Gasteiger partial charge in [0, 0.05) is 29.6 Å². The van der Waals surface area contributed by atoms with Crippen molar-refractivity contribution in [1.29, 1.82) is 0 Å². The second kappa shape index (κ2) is 15.7. The third kappa shape index (κ3) is 6.85. The number of hydrogen-bond donors (Lipinski definition) is 1. The van der Waals surface area contributed by atoms with E-state index in [2.05, 4.69) is 82.3 Å². The van der Waals surface area contributed by atoms with Crippen LogP contribution in [0.2, 0.25) is 49.4 Å². The van der Waals surface area contributed by atoms with E-state index in [1.165, 1.54) is 0 Å². The fourth-order valence-corrected chi connectivity index (χ4v) is 19.1. The number of fused-ring (bicyclic) bond motifs is 8. The summed E-state index contributed by atoms with van der Waals surface area (Å²) in [6.07, 6.45) is -2.12. The van der Waals surface area contributed by atoms with Gasteiger partial charge in [0.05, 0.1) is 36.6 Å². The van der Waals surface area contributed by atoms with Crippen molar-refractivity contribution in [2.45, 2.75) is 199 Å². The lowest BCUT2D eigenvalue weighted by Crippen LogP contribution is -2.82. The van der Waals surface area contributed by atoms with Crippen LogP contribution in [0.25, 0.3) is 0 Å². The van der Waals surface area contributed by atoms with Crippen LogP contribution in [0.5, 0.6) is 0 Å². The van der Waals surface area contributed by atoms with E-state index >= 15 is 0 Å². The minimum Gasteiger partial charge on any atom is -0.455 e. The van der Waals surface area contributed by atoms with Crippen molar-refractivity contribution in [2.24, 2.45) is 16.7 Å². The van der Waals surface area contributed by atoms with Crippen LogP contribution in [-0.2, 0) is 32.2 Å². The molecule has 1 aromatic carbocycles. The van der Waals surface area contributed by atoms with Gasteiger partial charge in [-0.05, 0) is 93.4 Å². The Bertz CT molecular complexity index is 1590. The van der Waals surface area contributed by atoms with E-state index in [4.69, 9.17) is 32.2 Å². The molecule has 5 aliphatic rings. The van der Waals surface area contributed by atoms with Crippen molar-refractivity contribution in [2.75, 3.05) is 6.61 Å². The molecule has 9 nitrogen and oxygen atoms in total. The average molecular weight is 831 g/mol. The van der Waals surface area contributed by atoms with Crippen molar-refractivity contribution in [3.63, 3.8) is 0 Å². The Balaban J connectivity index is 1.72. The van der Waals surface area contributed by atoms with Crippen LogP contribution in [-0.4, -0.2) is 97.0 Å². The van der Waals surface area contributed by atoms with Gasteiger partial charge in [-0.15, -0.1) is 0 Å². The Morgan fingerprint density at radius 3 is 1.96 bits per heavy atom. The highest BCUT2D eigenvalue weighted by Crippen LogP contribution is 2.68. The Morgan fingerprint density at radius 2 is 1.45 bits per heavy atom. The average Bonchev–Trinajstić information content (AvgIpc) is 3.49. The highest BCUT2D eigenvalue weighted by atomic mass is 28.4. The Morgan fingerprint density at radius 1 is 0.875 bits per heavy atom. The monoisotopic (exact) mass is 830 g/mol. The van der Waals surface area contributed by atoms with Gasteiger partial charge in [0.1, 0.15) is 23.4 Å². The minimum atomic E-state index is -2.25. The third-order valence-corrected chi connectivity index (χ3v) is 25.8. The molecule has 4 fully saturated rings. The first-order valence-electron chi connectivity index (χ1n) is 21.9. The number of esters is 1. The molecule has 0 spiro atoms. The molecule has 0 aromatic heterocycles. The quantitative estimate of drug-likeness (QED) is 0.112. The van der Waals surface area contributed by atoms with E-state index in [-0.39, 0.29) is 18.8 Å². The fourth-order valence-electron chi connectivity index (χ4n) is 11.9. The fraction of sp³-hybridized carbons (Fsp3) is 0.795. The Labute approximate surface area is 341 Å². The van der Waals surface area contributed by atoms with E-state index in [0.29, 0.717) is 18.4 Å². The predicted molar refractivity (Wildman–Crippen MR) is 228 cm³/mol. The molecule has 1 aromatic rings. The van der Waals surface area contributed by atoms with E-state index < -0.39 is 89.8 Å². The van der Waals surface area contributed by atoms with E-state index in [0.717, 1.165) is 47.4 Å². The number of rotatable bonds is 14. The lowest BCUT2D eigenvalue weighted by atomic mass is 9.44. The minimum absolute atomic E-state index is 0.123. The highest BCUT2D eigenvalue weighted by molar-refractivity contribution is 6.74. The normalized spacial score (nSPS) is 37.5. The number of hydrogen-bond acceptors (Lipinski definition) is 9. The molecule has 2 bridgehead atoms. The summed E-state index contributed by atoms with van der Waals surface area (Å²) in [6, 6.07) is 15.1. The van der Waals surface area contributed by atoms with Crippen molar-refractivity contribution >= 4 is 31.6 Å². The van der Waals surface area contributed by atoms with Gasteiger partial charge in [-0.3, -0.25) is 0 Å². The van der Waals surface area contributed by atoms with Gasteiger partial charge in [0.2, 0.25) is 0 Å². The van der Waals surface area contributed by atoms with Gasteiger partial charge in [-0.2, -0.15) is 0 Å². The summed E-state index contributed by atoms with van der Waals surface area (Å²) in [5.41, 5.74) is -1.37. The molecule has 2 saturated heterocycles. The van der Waals surface area contributed by atoms with Crippen LogP contribution in [0.4, 0.5) is 0 Å². The van der Waals surface area contributed by atoms with Crippen molar-refractivity contribution in [3.8, 4) is 0 Å². The van der Waals surface area contributed by atoms with Crippen LogP contribution >= 0.6 is 0 Å². The van der Waals surface area contributed by atoms with Crippen molar-refractivity contribution in [1.82, 2.24) is 0 Å². The Kier molecular flexibility index (Phi) is 12.4. The van der Waals surface area contributed by atoms with E-state index in [1.807, 2.05) is 32.0 Å². The summed E-state index contributed by atoms with van der Waals surface area (Å²) in [6.45, 7) is 31.1. The SMILES string of the molecule is CC[Si](CC)(CC)OC1CC2(O[SiH](C)C)C(OC(=O)c3ccccc3)C3C4(O)COC4CC(O[Si](CC)(CC)CC)[C@@]3(C)C3OC(C)(C)OC3C(=C1C)C2(C)C. The zero-order valence-corrected chi connectivity index (χ0v) is 40.2. The summed E-state index contributed by atoms with van der Waals surface area (Å²) < 4.78 is 50.9. The second-order valence-corrected chi connectivity index (χ2v) is 31.0. The molecule has 316 valence electrons. The molecule has 3 aliphatic carbocycles. The maximum Gasteiger partial charge on any atom is 0.338 e. The number of carbonyl (C=O) groups is 1. The topological polar surface area (TPSA) is 102 Å². The van der Waals surface area contributed by atoms with Gasteiger partial charge >= 0.3 is 5.97 Å². The van der Waals surface area contributed by atoms with Gasteiger partial charge in [-0.25, -0.2) is 4.79 Å². The standard InChI is InChI=1S/C44H74O9Si3/c1-15-55(16-2,17-3)51-31-27-44(53-54(13)14)38(48-39(45)30-24-22-21-23-25-30)36-42(12,37-35(49-41(10,11)50-37)34(29(31)7)40(44,8)9)32(26-33-43(36,46)28-47-33)52-56(18-4,19-5)20-6/h21-25,31-33,35-38,46,54H,15-20,26-28H2,1-14H3/t31?,32?,33?,35?,36?,37?,38?,42-,43?,44?/m1/s1. The molecule has 6 rings (SSSR count). The maximum atomic E-state index is 14.8. The zero-order chi connectivity index (χ0) is 41.3. The van der Waals surface area contributed by atoms with Gasteiger partial charge in [0.15, 0.2) is 31.5 Å². The molecule has 1 N–H and O–H groups in total. The van der Waals surface area contributed by atoms with Crippen LogP contribution in [0.3, 0.4) is 0 Å². The molecule has 56 heavy (non-hydrogen) atoms. The number of ether oxygens (including phenoxy) is 4. The molecular formula is C44H74O9Si3. The summed E-state index contributed by atoms with van der Waals surface area (Å²) in [4.78, 5) is 14.8. The number of aliphatic hydroxyl groups is 1. The van der Waals surface area contributed by atoms with Crippen LogP contribution in [0.1, 0.15) is 106 Å². The lowest BCUT2D eigenvalue weighted by Gasteiger charge is -2.70. The maximum absolute atomic E-state index is 14.8. The molecule has 9 unspecified atom stereocenters. The molecule has 12 heteroatoms. The van der Waals surface area contributed by atoms with Gasteiger partial charge in [-0.1, -0.05) is 80.5 Å². The summed E-state index contributed by atoms with van der Waals surface area (Å²) in [5.74, 6) is -2.07. The van der Waals surface area contributed by atoms with Crippen molar-refractivity contribution in [3.05, 3.63) is 47.0 Å². The van der Waals surface area contributed by atoms with Crippen LogP contribution in [0, 0.1) is 16.7 Å². The molecule has 2 heterocycles. The highest BCUT2D eigenvalue weighted by Gasteiger charge is 2.79. The predicted octanol–water partition coefficient (Wildman–Crippen LogP) is 9.17. The van der Waals surface area contributed by atoms with Crippen molar-refractivity contribution < 1.29 is 42.1 Å².